The topological polar surface area (TPSA) is 6.48 Å². The molecule has 0 radical (unpaired) electrons. The van der Waals surface area contributed by atoms with Gasteiger partial charge in [0, 0.05) is 35.9 Å². The second-order valence-corrected chi connectivity index (χ2v) is 6.65. The van der Waals surface area contributed by atoms with Crippen LogP contribution in [-0.4, -0.2) is 36.6 Å². The first-order valence-electron chi connectivity index (χ1n) is 7.96. The maximum Gasteiger partial charge on any atom is 0.0455 e. The Hall–Kier alpha value is -0.730. The van der Waals surface area contributed by atoms with Gasteiger partial charge in [0.15, 0.2) is 0 Å². The molecule has 2 aliphatic rings. The minimum Gasteiger partial charge on any atom is -0.365 e. The highest BCUT2D eigenvalue weighted by Gasteiger charge is 2.34. The monoisotopic (exact) mass is 292 g/mol. The Bertz CT molecular complexity index is 474. The molecular weight excluding hydrogens is 268 g/mol. The van der Waals surface area contributed by atoms with Gasteiger partial charge >= 0.3 is 0 Å². The van der Waals surface area contributed by atoms with Gasteiger partial charge in [-0.25, -0.2) is 0 Å². The van der Waals surface area contributed by atoms with Crippen molar-refractivity contribution < 1.29 is 0 Å². The number of hydrogen-bond donors (Lipinski definition) is 0. The van der Waals surface area contributed by atoms with Crippen molar-refractivity contribution in [3.05, 3.63) is 28.8 Å². The van der Waals surface area contributed by atoms with Crippen molar-refractivity contribution in [3.8, 4) is 0 Å². The maximum absolute atomic E-state index is 6.32. The lowest BCUT2D eigenvalue weighted by molar-refractivity contribution is 0.111. The van der Waals surface area contributed by atoms with Gasteiger partial charge in [-0.3, -0.25) is 4.90 Å². The van der Waals surface area contributed by atoms with Crippen LogP contribution in [0.3, 0.4) is 0 Å². The van der Waals surface area contributed by atoms with E-state index in [1.165, 1.54) is 56.6 Å². The van der Waals surface area contributed by atoms with Crippen molar-refractivity contribution in [3.63, 3.8) is 0 Å². The van der Waals surface area contributed by atoms with E-state index in [1.807, 2.05) is 6.07 Å². The fourth-order valence-electron chi connectivity index (χ4n) is 3.80. The molecule has 1 aromatic rings. The molecule has 0 N–H and O–H groups in total. The van der Waals surface area contributed by atoms with E-state index in [1.54, 1.807) is 0 Å². The largest absolute Gasteiger partial charge is 0.365 e. The van der Waals surface area contributed by atoms with Crippen LogP contribution in [0.5, 0.6) is 0 Å². The Balaban J connectivity index is 1.88. The van der Waals surface area contributed by atoms with E-state index in [2.05, 4.69) is 35.8 Å². The summed E-state index contributed by atoms with van der Waals surface area (Å²) in [5.74, 6) is 0. The Kier molecular flexibility index (Phi) is 4.23. The average molecular weight is 293 g/mol. The average Bonchev–Trinajstić information content (AvgIpc) is 2.48. The van der Waals surface area contributed by atoms with Crippen LogP contribution in [0.15, 0.2) is 18.2 Å². The van der Waals surface area contributed by atoms with Gasteiger partial charge in [0.1, 0.15) is 0 Å². The lowest BCUT2D eigenvalue weighted by Crippen LogP contribution is -2.59. The van der Waals surface area contributed by atoms with Crippen molar-refractivity contribution >= 4 is 17.3 Å². The molecule has 2 atom stereocenters. The van der Waals surface area contributed by atoms with Crippen molar-refractivity contribution in [1.82, 2.24) is 4.90 Å². The molecule has 2 saturated heterocycles. The Morgan fingerprint density at radius 3 is 2.90 bits per heavy atom. The third-order valence-electron chi connectivity index (χ3n) is 5.06. The second-order valence-electron chi connectivity index (χ2n) is 6.24. The summed E-state index contributed by atoms with van der Waals surface area (Å²) < 4.78 is 0. The normalized spacial score (nSPS) is 27.4. The van der Waals surface area contributed by atoms with Crippen molar-refractivity contribution in [1.29, 1.82) is 0 Å². The minimum absolute atomic E-state index is 0.626. The third kappa shape index (κ3) is 2.56. The van der Waals surface area contributed by atoms with Gasteiger partial charge in [-0.05, 0) is 50.4 Å². The highest BCUT2D eigenvalue weighted by Crippen LogP contribution is 2.33. The standard InChI is InChI=1S/C17H25ClN2/c1-3-14-11-19-10-5-4-7-15(19)12-20(14)17-9-6-8-16(18)13(17)2/h6,8-9,14-15H,3-5,7,10-12H2,1-2H3. The molecule has 2 unspecified atom stereocenters. The van der Waals surface area contributed by atoms with Gasteiger partial charge in [-0.15, -0.1) is 0 Å². The van der Waals surface area contributed by atoms with Gasteiger partial charge in [0.2, 0.25) is 0 Å². The molecule has 3 heteroatoms. The smallest absolute Gasteiger partial charge is 0.0455 e. The van der Waals surface area contributed by atoms with Crippen molar-refractivity contribution in [2.24, 2.45) is 0 Å². The maximum atomic E-state index is 6.32. The number of anilines is 1. The van der Waals surface area contributed by atoms with Crippen LogP contribution in [0, 0.1) is 6.92 Å². The lowest BCUT2D eigenvalue weighted by Gasteiger charge is -2.49. The predicted molar refractivity (Wildman–Crippen MR) is 86.8 cm³/mol. The molecule has 2 fully saturated rings. The number of halogens is 1. The number of piperidine rings is 1. The summed E-state index contributed by atoms with van der Waals surface area (Å²) in [5.41, 5.74) is 2.58. The van der Waals surface area contributed by atoms with E-state index in [9.17, 15) is 0 Å². The molecule has 110 valence electrons. The molecular formula is C17H25ClN2. The van der Waals surface area contributed by atoms with E-state index < -0.39 is 0 Å². The summed E-state index contributed by atoms with van der Waals surface area (Å²) in [6, 6.07) is 7.69. The van der Waals surface area contributed by atoms with Crippen molar-refractivity contribution in [2.75, 3.05) is 24.5 Å². The van der Waals surface area contributed by atoms with Crippen LogP contribution in [-0.2, 0) is 0 Å². The number of rotatable bonds is 2. The first-order chi connectivity index (χ1) is 9.70. The van der Waals surface area contributed by atoms with Gasteiger partial charge in [0.05, 0.1) is 0 Å². The molecule has 1 aromatic carbocycles. The summed E-state index contributed by atoms with van der Waals surface area (Å²) in [6.45, 7) is 8.13. The van der Waals surface area contributed by atoms with Crippen LogP contribution in [0.4, 0.5) is 5.69 Å². The number of fused-ring (bicyclic) bond motifs is 1. The molecule has 20 heavy (non-hydrogen) atoms. The number of piperazine rings is 1. The molecule has 0 aromatic heterocycles. The minimum atomic E-state index is 0.626. The number of nitrogens with zero attached hydrogens (tertiary/aromatic N) is 2. The third-order valence-corrected chi connectivity index (χ3v) is 5.47. The van der Waals surface area contributed by atoms with E-state index in [-0.39, 0.29) is 0 Å². The van der Waals surface area contributed by atoms with Crippen LogP contribution >= 0.6 is 11.6 Å². The zero-order valence-electron chi connectivity index (χ0n) is 12.6. The molecule has 0 saturated carbocycles. The molecule has 2 aliphatic heterocycles. The number of hydrogen-bond acceptors (Lipinski definition) is 2. The molecule has 0 amide bonds. The molecule has 0 spiro atoms. The fourth-order valence-corrected chi connectivity index (χ4v) is 3.97. The highest BCUT2D eigenvalue weighted by molar-refractivity contribution is 6.31. The first kappa shape index (κ1) is 14.2. The molecule has 0 bridgehead atoms. The summed E-state index contributed by atoms with van der Waals surface area (Å²) in [5, 5.41) is 0.892. The summed E-state index contributed by atoms with van der Waals surface area (Å²) in [7, 11) is 0. The van der Waals surface area contributed by atoms with Crippen LogP contribution in [0.25, 0.3) is 0 Å². The molecule has 3 rings (SSSR count). The Morgan fingerprint density at radius 2 is 2.10 bits per heavy atom. The van der Waals surface area contributed by atoms with E-state index in [0.29, 0.717) is 6.04 Å². The lowest BCUT2D eigenvalue weighted by atomic mass is 9.95. The van der Waals surface area contributed by atoms with E-state index in [0.717, 1.165) is 11.1 Å². The zero-order chi connectivity index (χ0) is 14.1. The Labute approximate surface area is 127 Å². The van der Waals surface area contributed by atoms with Crippen molar-refractivity contribution in [2.45, 2.75) is 51.6 Å². The van der Waals surface area contributed by atoms with Gasteiger partial charge < -0.3 is 4.90 Å². The molecule has 2 nitrogen and oxygen atoms in total. The second kappa shape index (κ2) is 5.95. The van der Waals surface area contributed by atoms with E-state index >= 15 is 0 Å². The fraction of sp³-hybridized carbons (Fsp3) is 0.647. The summed E-state index contributed by atoms with van der Waals surface area (Å²) >= 11 is 6.32. The number of benzene rings is 1. The first-order valence-corrected chi connectivity index (χ1v) is 8.34. The van der Waals surface area contributed by atoms with Gasteiger partial charge in [0.25, 0.3) is 0 Å². The molecule has 0 aliphatic carbocycles. The highest BCUT2D eigenvalue weighted by atomic mass is 35.5. The van der Waals surface area contributed by atoms with Gasteiger partial charge in [-0.2, -0.15) is 0 Å². The Morgan fingerprint density at radius 1 is 1.25 bits per heavy atom. The summed E-state index contributed by atoms with van der Waals surface area (Å²) in [4.78, 5) is 5.34. The zero-order valence-corrected chi connectivity index (χ0v) is 13.4. The summed E-state index contributed by atoms with van der Waals surface area (Å²) in [6.07, 6.45) is 5.32. The quantitative estimate of drug-likeness (QED) is 0.810. The van der Waals surface area contributed by atoms with Crippen LogP contribution in [0.2, 0.25) is 5.02 Å². The van der Waals surface area contributed by atoms with Crippen LogP contribution in [0.1, 0.15) is 38.2 Å². The SMILES string of the molecule is CCC1CN2CCCCC2CN1c1cccc(Cl)c1C. The predicted octanol–water partition coefficient (Wildman–Crippen LogP) is 4.10. The van der Waals surface area contributed by atoms with Crippen LogP contribution < -0.4 is 4.90 Å². The molecule has 2 heterocycles. The van der Waals surface area contributed by atoms with Gasteiger partial charge in [-0.1, -0.05) is 31.0 Å². The van der Waals surface area contributed by atoms with E-state index in [4.69, 9.17) is 11.6 Å².